The van der Waals surface area contributed by atoms with Crippen LogP contribution < -0.4 is 10.6 Å². The van der Waals surface area contributed by atoms with Crippen LogP contribution in [0.5, 0.6) is 0 Å². The fraction of sp³-hybridized carbons (Fsp3) is 0.500. The first-order valence-electron chi connectivity index (χ1n) is 8.88. The highest BCUT2D eigenvalue weighted by Crippen LogP contribution is 2.20. The Bertz CT molecular complexity index is 669. The molecule has 25 heavy (non-hydrogen) atoms. The Kier molecular flexibility index (Phi) is 6.62. The van der Waals surface area contributed by atoms with Gasteiger partial charge in [-0.25, -0.2) is 9.98 Å². The zero-order valence-corrected chi connectivity index (χ0v) is 16.0. The first-order valence-corrected chi connectivity index (χ1v) is 8.88. The molecule has 0 saturated carbocycles. The zero-order valence-electron chi connectivity index (χ0n) is 16.0. The molecule has 1 heterocycles. The molecule has 0 radical (unpaired) electrons. The van der Waals surface area contributed by atoms with E-state index < -0.39 is 0 Å². The SMILES string of the molecule is CCNC(=NCc1nc(C)c(C)o1)NCC(C)(C)Cc1ccccc1. The molecule has 0 atom stereocenters. The second kappa shape index (κ2) is 8.70. The average molecular weight is 342 g/mol. The molecule has 1 aromatic heterocycles. The largest absolute Gasteiger partial charge is 0.444 e. The molecule has 2 aromatic rings. The predicted molar refractivity (Wildman–Crippen MR) is 103 cm³/mol. The van der Waals surface area contributed by atoms with Gasteiger partial charge in [0.15, 0.2) is 5.96 Å². The Morgan fingerprint density at radius 1 is 1.16 bits per heavy atom. The number of oxazole rings is 1. The van der Waals surface area contributed by atoms with E-state index in [4.69, 9.17) is 4.42 Å². The Labute approximate surface area is 151 Å². The summed E-state index contributed by atoms with van der Waals surface area (Å²) in [5, 5.41) is 6.72. The lowest BCUT2D eigenvalue weighted by Crippen LogP contribution is -2.42. The minimum Gasteiger partial charge on any atom is -0.444 e. The Morgan fingerprint density at radius 2 is 1.88 bits per heavy atom. The number of aliphatic imine (C=N–C) groups is 1. The molecule has 0 unspecified atom stereocenters. The second-order valence-corrected chi connectivity index (χ2v) is 7.12. The Hall–Kier alpha value is -2.30. The number of nitrogens with one attached hydrogen (secondary N) is 2. The number of rotatable bonds is 7. The van der Waals surface area contributed by atoms with Crippen molar-refractivity contribution in [2.75, 3.05) is 13.1 Å². The minimum absolute atomic E-state index is 0.119. The monoisotopic (exact) mass is 342 g/mol. The van der Waals surface area contributed by atoms with Crippen LogP contribution in [0, 0.1) is 19.3 Å². The normalized spacial score (nSPS) is 12.3. The van der Waals surface area contributed by atoms with Gasteiger partial charge in [-0.15, -0.1) is 0 Å². The summed E-state index contributed by atoms with van der Waals surface area (Å²) in [5.74, 6) is 2.29. The first kappa shape index (κ1) is 19.0. The van der Waals surface area contributed by atoms with Gasteiger partial charge in [0.2, 0.25) is 5.89 Å². The van der Waals surface area contributed by atoms with Crippen LogP contribution in [-0.2, 0) is 13.0 Å². The predicted octanol–water partition coefficient (Wildman–Crippen LogP) is 3.62. The molecule has 5 nitrogen and oxygen atoms in total. The minimum atomic E-state index is 0.119. The van der Waals surface area contributed by atoms with Crippen LogP contribution >= 0.6 is 0 Å². The lowest BCUT2D eigenvalue weighted by atomic mass is 9.86. The Balaban J connectivity index is 1.94. The summed E-state index contributed by atoms with van der Waals surface area (Å²) < 4.78 is 5.59. The van der Waals surface area contributed by atoms with Crippen LogP contribution in [-0.4, -0.2) is 24.0 Å². The van der Waals surface area contributed by atoms with Gasteiger partial charge in [-0.3, -0.25) is 0 Å². The third kappa shape index (κ3) is 6.25. The maximum atomic E-state index is 5.59. The molecular weight excluding hydrogens is 312 g/mol. The van der Waals surface area contributed by atoms with Crippen LogP contribution in [0.25, 0.3) is 0 Å². The van der Waals surface area contributed by atoms with Crippen molar-refractivity contribution in [1.82, 2.24) is 15.6 Å². The number of nitrogens with zero attached hydrogens (tertiary/aromatic N) is 2. The molecule has 2 rings (SSSR count). The van der Waals surface area contributed by atoms with Crippen molar-refractivity contribution in [3.8, 4) is 0 Å². The number of aryl methyl sites for hydroxylation is 2. The van der Waals surface area contributed by atoms with Gasteiger partial charge in [0.1, 0.15) is 12.3 Å². The molecule has 1 aromatic carbocycles. The van der Waals surface area contributed by atoms with Crippen molar-refractivity contribution in [3.63, 3.8) is 0 Å². The third-order valence-electron chi connectivity index (χ3n) is 4.05. The van der Waals surface area contributed by atoms with E-state index >= 15 is 0 Å². The molecule has 5 heteroatoms. The fourth-order valence-electron chi connectivity index (χ4n) is 2.63. The molecule has 0 fully saturated rings. The lowest BCUT2D eigenvalue weighted by Gasteiger charge is -2.26. The number of guanidine groups is 1. The van der Waals surface area contributed by atoms with Gasteiger partial charge >= 0.3 is 0 Å². The summed E-state index contributed by atoms with van der Waals surface area (Å²) in [6.07, 6.45) is 1.01. The van der Waals surface area contributed by atoms with Gasteiger partial charge in [0.25, 0.3) is 0 Å². The van der Waals surface area contributed by atoms with E-state index in [1.54, 1.807) is 0 Å². The number of hydrogen-bond acceptors (Lipinski definition) is 3. The van der Waals surface area contributed by atoms with E-state index in [9.17, 15) is 0 Å². The van der Waals surface area contributed by atoms with Crippen LogP contribution in [0.4, 0.5) is 0 Å². The van der Waals surface area contributed by atoms with E-state index in [1.165, 1.54) is 5.56 Å². The smallest absolute Gasteiger partial charge is 0.216 e. The highest BCUT2D eigenvalue weighted by Gasteiger charge is 2.19. The third-order valence-corrected chi connectivity index (χ3v) is 4.05. The molecule has 0 amide bonds. The lowest BCUT2D eigenvalue weighted by molar-refractivity contribution is 0.359. The van der Waals surface area contributed by atoms with Crippen LogP contribution in [0.3, 0.4) is 0 Å². The molecule has 0 saturated heterocycles. The van der Waals surface area contributed by atoms with Gasteiger partial charge in [0, 0.05) is 13.1 Å². The maximum absolute atomic E-state index is 5.59. The van der Waals surface area contributed by atoms with Crippen molar-refractivity contribution >= 4 is 5.96 Å². The van der Waals surface area contributed by atoms with E-state index in [-0.39, 0.29) is 5.41 Å². The number of hydrogen-bond donors (Lipinski definition) is 2. The number of aromatic nitrogens is 1. The van der Waals surface area contributed by atoms with Crippen LogP contribution in [0.2, 0.25) is 0 Å². The maximum Gasteiger partial charge on any atom is 0.216 e. The molecule has 0 aliphatic rings. The molecule has 0 spiro atoms. The average Bonchev–Trinajstić information content (AvgIpc) is 2.89. The van der Waals surface area contributed by atoms with Crippen molar-refractivity contribution in [1.29, 1.82) is 0 Å². The van der Waals surface area contributed by atoms with Crippen LogP contribution in [0.15, 0.2) is 39.7 Å². The fourth-order valence-corrected chi connectivity index (χ4v) is 2.63. The molecule has 0 bridgehead atoms. The van der Waals surface area contributed by atoms with Gasteiger partial charge < -0.3 is 15.1 Å². The second-order valence-electron chi connectivity index (χ2n) is 7.12. The summed E-state index contributed by atoms with van der Waals surface area (Å²) in [4.78, 5) is 8.96. The van der Waals surface area contributed by atoms with Gasteiger partial charge in [0.05, 0.1) is 5.69 Å². The summed E-state index contributed by atoms with van der Waals surface area (Å²) >= 11 is 0. The van der Waals surface area contributed by atoms with E-state index in [0.717, 1.165) is 36.9 Å². The molecular formula is C20H30N4O. The van der Waals surface area contributed by atoms with Crippen molar-refractivity contribution in [2.24, 2.45) is 10.4 Å². The summed E-state index contributed by atoms with van der Waals surface area (Å²) in [7, 11) is 0. The molecule has 136 valence electrons. The van der Waals surface area contributed by atoms with Gasteiger partial charge in [-0.05, 0) is 38.2 Å². The quantitative estimate of drug-likeness (QED) is 0.596. The highest BCUT2D eigenvalue weighted by atomic mass is 16.4. The summed E-state index contributed by atoms with van der Waals surface area (Å²) in [5.41, 5.74) is 2.39. The zero-order chi connectivity index (χ0) is 18.3. The molecule has 0 aliphatic heterocycles. The van der Waals surface area contributed by atoms with Gasteiger partial charge in [-0.2, -0.15) is 0 Å². The molecule has 2 N–H and O–H groups in total. The highest BCUT2D eigenvalue weighted by molar-refractivity contribution is 5.79. The van der Waals surface area contributed by atoms with Crippen LogP contribution in [0.1, 0.15) is 43.7 Å². The summed E-state index contributed by atoms with van der Waals surface area (Å²) in [6.45, 7) is 12.5. The van der Waals surface area contributed by atoms with E-state index in [2.05, 4.69) is 71.7 Å². The summed E-state index contributed by atoms with van der Waals surface area (Å²) in [6, 6.07) is 10.6. The Morgan fingerprint density at radius 3 is 2.48 bits per heavy atom. The van der Waals surface area contributed by atoms with Crippen molar-refractivity contribution in [2.45, 2.75) is 47.6 Å². The topological polar surface area (TPSA) is 62.5 Å². The molecule has 0 aliphatic carbocycles. The van der Waals surface area contributed by atoms with Crippen molar-refractivity contribution < 1.29 is 4.42 Å². The first-order chi connectivity index (χ1) is 11.9. The van der Waals surface area contributed by atoms with Crippen molar-refractivity contribution in [3.05, 3.63) is 53.2 Å². The van der Waals surface area contributed by atoms with E-state index in [1.807, 2.05) is 13.8 Å². The van der Waals surface area contributed by atoms with E-state index in [0.29, 0.717) is 12.4 Å². The van der Waals surface area contributed by atoms with Gasteiger partial charge in [-0.1, -0.05) is 44.2 Å². The standard InChI is InChI=1S/C20H30N4O/c1-6-21-19(22-13-18-24-15(2)16(3)25-18)23-14-20(4,5)12-17-10-8-7-9-11-17/h7-11H,6,12-14H2,1-5H3,(H2,21,22,23). The number of benzene rings is 1.